The van der Waals surface area contributed by atoms with Gasteiger partial charge in [-0.15, -0.1) is 0 Å². The third-order valence-electron chi connectivity index (χ3n) is 4.41. The number of hydrogen-bond acceptors (Lipinski definition) is 1. The Kier molecular flexibility index (Phi) is 6.00. The van der Waals surface area contributed by atoms with Gasteiger partial charge in [0, 0.05) is 0 Å². The second-order valence-corrected chi connectivity index (χ2v) is 6.44. The topological polar surface area (TPSA) is 20.2 Å². The molecule has 0 fully saturated rings. The summed E-state index contributed by atoms with van der Waals surface area (Å²) in [5.74, 6) is 0. The molecule has 0 saturated carbocycles. The summed E-state index contributed by atoms with van der Waals surface area (Å²) >= 11 is 0. The van der Waals surface area contributed by atoms with E-state index in [1.165, 1.54) is 6.92 Å². The lowest BCUT2D eigenvalue weighted by molar-refractivity contribution is -0.269. The molecule has 0 saturated heterocycles. The van der Waals surface area contributed by atoms with Crippen LogP contribution in [0, 0.1) is 0 Å². The van der Waals surface area contributed by atoms with Crippen LogP contribution in [0.3, 0.4) is 0 Å². The molecule has 0 spiro atoms. The second-order valence-electron chi connectivity index (χ2n) is 6.44. The highest BCUT2D eigenvalue weighted by Crippen LogP contribution is 2.44. The molecular formula is C19H15F9O. The van der Waals surface area contributed by atoms with Crippen molar-refractivity contribution in [2.75, 3.05) is 0 Å². The number of rotatable bonds is 4. The monoisotopic (exact) mass is 430 g/mol. The highest BCUT2D eigenvalue weighted by molar-refractivity contribution is 5.69. The Bertz CT molecular complexity index is 848. The van der Waals surface area contributed by atoms with Crippen LogP contribution in [0.2, 0.25) is 0 Å². The van der Waals surface area contributed by atoms with Crippen LogP contribution in [-0.2, 0) is 18.0 Å². The second kappa shape index (κ2) is 7.55. The van der Waals surface area contributed by atoms with Crippen LogP contribution in [0.5, 0.6) is 0 Å². The zero-order valence-electron chi connectivity index (χ0n) is 14.8. The normalized spacial score (nSPS) is 15.3. The fourth-order valence-corrected chi connectivity index (χ4v) is 2.94. The molecule has 0 amide bonds. The van der Waals surface area contributed by atoms with Gasteiger partial charge < -0.3 is 5.11 Å². The largest absolute Gasteiger partial charge is 0.421 e. The van der Waals surface area contributed by atoms with Crippen LogP contribution >= 0.6 is 0 Å². The van der Waals surface area contributed by atoms with E-state index < -0.39 is 52.8 Å². The molecule has 2 rings (SSSR count). The summed E-state index contributed by atoms with van der Waals surface area (Å²) in [6.45, 7) is 1.42. The Morgan fingerprint density at radius 1 is 0.724 bits per heavy atom. The maximum atomic E-state index is 13.3. The first-order valence-corrected chi connectivity index (χ1v) is 8.29. The maximum Gasteiger partial charge on any atom is 0.421 e. The van der Waals surface area contributed by atoms with Crippen molar-refractivity contribution in [1.82, 2.24) is 0 Å². The zero-order chi connectivity index (χ0) is 22.3. The summed E-state index contributed by atoms with van der Waals surface area (Å²) in [6, 6.07) is 4.46. The van der Waals surface area contributed by atoms with Crippen molar-refractivity contribution in [3.63, 3.8) is 0 Å². The summed E-state index contributed by atoms with van der Waals surface area (Å²) < 4.78 is 118. The van der Waals surface area contributed by atoms with Crippen molar-refractivity contribution >= 4 is 0 Å². The van der Waals surface area contributed by atoms with E-state index in [1.54, 1.807) is 0 Å². The fourth-order valence-electron chi connectivity index (χ4n) is 2.94. The number of benzene rings is 2. The third kappa shape index (κ3) is 4.68. The van der Waals surface area contributed by atoms with Crippen LogP contribution in [-0.4, -0.2) is 11.3 Å². The van der Waals surface area contributed by atoms with Gasteiger partial charge in [0.15, 0.2) is 5.60 Å². The molecule has 10 heteroatoms. The molecule has 160 valence electrons. The number of aliphatic hydroxyl groups is 1. The molecule has 2 aromatic carbocycles. The predicted molar refractivity (Wildman–Crippen MR) is 86.7 cm³/mol. The van der Waals surface area contributed by atoms with Gasteiger partial charge in [0.2, 0.25) is 0 Å². The zero-order valence-corrected chi connectivity index (χ0v) is 14.8. The van der Waals surface area contributed by atoms with E-state index in [9.17, 15) is 44.6 Å². The third-order valence-corrected chi connectivity index (χ3v) is 4.41. The maximum absolute atomic E-state index is 13.3. The average Bonchev–Trinajstić information content (AvgIpc) is 2.59. The van der Waals surface area contributed by atoms with Gasteiger partial charge in [0.1, 0.15) is 0 Å². The van der Waals surface area contributed by atoms with Gasteiger partial charge in [-0.25, -0.2) is 0 Å². The lowest BCUT2D eigenvalue weighted by Crippen LogP contribution is -2.42. The Morgan fingerprint density at radius 3 is 1.66 bits per heavy atom. The molecule has 2 aromatic rings. The molecule has 0 radical (unpaired) electrons. The Morgan fingerprint density at radius 2 is 1.24 bits per heavy atom. The van der Waals surface area contributed by atoms with Crippen LogP contribution < -0.4 is 0 Å². The first-order valence-electron chi connectivity index (χ1n) is 8.29. The Hall–Kier alpha value is -2.23. The first kappa shape index (κ1) is 23.1. The van der Waals surface area contributed by atoms with Crippen molar-refractivity contribution in [1.29, 1.82) is 0 Å². The van der Waals surface area contributed by atoms with Crippen molar-refractivity contribution in [3.8, 4) is 11.1 Å². The molecule has 0 aromatic heterocycles. The standard InChI is InChI=1S/C19H15F9O/c1-2-9-16(29,19(26,27)28)12-5-3-11(4-6-12)14-8-7-13(17(20,21)22)10-15(14)18(23,24)25/h3-8,10,29H,2,9H2,1H3. The molecule has 1 nitrogen and oxygen atoms in total. The van der Waals surface area contributed by atoms with Gasteiger partial charge in [0.25, 0.3) is 0 Å². The van der Waals surface area contributed by atoms with E-state index in [0.29, 0.717) is 12.1 Å². The number of halogens is 9. The van der Waals surface area contributed by atoms with E-state index in [2.05, 4.69) is 0 Å². The molecule has 0 heterocycles. The molecule has 29 heavy (non-hydrogen) atoms. The van der Waals surface area contributed by atoms with Gasteiger partial charge in [-0.05, 0) is 35.2 Å². The van der Waals surface area contributed by atoms with Crippen molar-refractivity contribution < 1.29 is 44.6 Å². The average molecular weight is 430 g/mol. The predicted octanol–water partition coefficient (Wildman–Crippen LogP) is 6.94. The molecule has 0 aliphatic heterocycles. The lowest BCUT2D eigenvalue weighted by Gasteiger charge is -2.31. The van der Waals surface area contributed by atoms with Crippen LogP contribution in [0.1, 0.15) is 36.5 Å². The molecule has 0 aliphatic rings. The summed E-state index contributed by atoms with van der Waals surface area (Å²) in [6.07, 6.45) is -15.8. The van der Waals surface area contributed by atoms with Gasteiger partial charge in [-0.2, -0.15) is 39.5 Å². The van der Waals surface area contributed by atoms with E-state index >= 15 is 0 Å². The fraction of sp³-hybridized carbons (Fsp3) is 0.368. The van der Waals surface area contributed by atoms with Crippen molar-refractivity contribution in [2.24, 2.45) is 0 Å². The van der Waals surface area contributed by atoms with E-state index in [0.717, 1.165) is 24.3 Å². The van der Waals surface area contributed by atoms with E-state index in [-0.39, 0.29) is 18.1 Å². The number of hydrogen-bond donors (Lipinski definition) is 1. The van der Waals surface area contributed by atoms with Gasteiger partial charge in [0.05, 0.1) is 11.1 Å². The highest BCUT2D eigenvalue weighted by Gasteiger charge is 2.54. The summed E-state index contributed by atoms with van der Waals surface area (Å²) in [5.41, 5.74) is -7.69. The smallest absolute Gasteiger partial charge is 0.376 e. The van der Waals surface area contributed by atoms with Crippen LogP contribution in [0.25, 0.3) is 11.1 Å². The summed E-state index contributed by atoms with van der Waals surface area (Å²) in [7, 11) is 0. The minimum Gasteiger partial charge on any atom is -0.376 e. The molecule has 0 aliphatic carbocycles. The molecular weight excluding hydrogens is 415 g/mol. The summed E-state index contributed by atoms with van der Waals surface area (Å²) in [4.78, 5) is 0. The van der Waals surface area contributed by atoms with E-state index in [4.69, 9.17) is 0 Å². The van der Waals surface area contributed by atoms with Gasteiger partial charge >= 0.3 is 18.5 Å². The lowest BCUT2D eigenvalue weighted by atomic mass is 9.87. The van der Waals surface area contributed by atoms with Crippen molar-refractivity contribution in [3.05, 3.63) is 59.2 Å². The molecule has 0 bridgehead atoms. The Balaban J connectivity index is 2.57. The quantitative estimate of drug-likeness (QED) is 0.521. The highest BCUT2D eigenvalue weighted by atomic mass is 19.4. The number of alkyl halides is 9. The molecule has 1 unspecified atom stereocenters. The first-order chi connectivity index (χ1) is 13.1. The molecule has 1 N–H and O–H groups in total. The van der Waals surface area contributed by atoms with Gasteiger partial charge in [-0.1, -0.05) is 43.7 Å². The molecule has 1 atom stereocenters. The van der Waals surface area contributed by atoms with Gasteiger partial charge in [-0.3, -0.25) is 0 Å². The minimum atomic E-state index is -5.12. The van der Waals surface area contributed by atoms with E-state index in [1.807, 2.05) is 0 Å². The minimum absolute atomic E-state index is 0.0190. The summed E-state index contributed by atoms with van der Waals surface area (Å²) in [5, 5.41) is 10.1. The van der Waals surface area contributed by atoms with Crippen LogP contribution in [0.15, 0.2) is 42.5 Å². The van der Waals surface area contributed by atoms with Crippen LogP contribution in [0.4, 0.5) is 39.5 Å². The SMILES string of the molecule is CCCC(O)(c1ccc(-c2ccc(C(F)(F)F)cc2C(F)(F)F)cc1)C(F)(F)F. The van der Waals surface area contributed by atoms with Crippen molar-refractivity contribution in [2.45, 2.75) is 43.9 Å². The Labute approximate surface area is 159 Å².